The number of carbonyl (C=O) groups excluding carboxylic acids is 1. The molecule has 5 nitrogen and oxygen atoms in total. The van der Waals surface area contributed by atoms with Crippen LogP contribution in [0.5, 0.6) is 17.2 Å². The first-order valence-electron chi connectivity index (χ1n) is 11.3. The molecule has 1 aliphatic carbocycles. The quantitative estimate of drug-likeness (QED) is 0.423. The summed E-state index contributed by atoms with van der Waals surface area (Å²) < 4.78 is 24.7. The minimum atomic E-state index is -0.345. The molecule has 0 heterocycles. The number of phenols is 1. The van der Waals surface area contributed by atoms with Gasteiger partial charge in [-0.1, -0.05) is 29.8 Å². The van der Waals surface area contributed by atoms with Crippen molar-refractivity contribution in [2.45, 2.75) is 26.7 Å². The number of allylic oxidation sites excluding steroid dienone is 3. The fraction of sp³-hybridized carbons (Fsp3) is 0.207. The Morgan fingerprint density at radius 1 is 0.971 bits per heavy atom. The second kappa shape index (κ2) is 10.1. The number of carbonyl (C=O) groups is 1. The number of fused-ring (bicyclic) bond motifs is 1. The molecule has 35 heavy (non-hydrogen) atoms. The van der Waals surface area contributed by atoms with Crippen LogP contribution in [0, 0.1) is 12.7 Å². The maximum atomic E-state index is 14.2. The van der Waals surface area contributed by atoms with Crippen LogP contribution in [0.15, 0.2) is 66.2 Å². The smallest absolute Gasteiger partial charge is 0.228 e. The number of methoxy groups -OCH3 is 2. The second-order valence-electron chi connectivity index (χ2n) is 8.56. The van der Waals surface area contributed by atoms with Crippen LogP contribution < -0.4 is 14.8 Å². The number of phenolic OH excluding ortho intramolecular Hbond substituents is 1. The molecule has 0 aliphatic heterocycles. The van der Waals surface area contributed by atoms with E-state index in [0.717, 1.165) is 44.7 Å². The van der Waals surface area contributed by atoms with Crippen LogP contribution in [-0.4, -0.2) is 25.2 Å². The number of nitrogens with one attached hydrogen (secondary N) is 1. The van der Waals surface area contributed by atoms with Gasteiger partial charge in [0.05, 0.1) is 20.6 Å². The molecule has 180 valence electrons. The van der Waals surface area contributed by atoms with Crippen molar-refractivity contribution in [3.8, 4) is 17.2 Å². The normalized spacial score (nSPS) is 13.7. The Labute approximate surface area is 204 Å². The fourth-order valence-electron chi connectivity index (χ4n) is 4.35. The third kappa shape index (κ3) is 5.06. The molecule has 0 atom stereocenters. The summed E-state index contributed by atoms with van der Waals surface area (Å²) in [5.41, 5.74) is 7.02. The van der Waals surface area contributed by atoms with E-state index in [1.807, 2.05) is 44.2 Å². The van der Waals surface area contributed by atoms with Crippen molar-refractivity contribution in [1.82, 2.24) is 0 Å². The Morgan fingerprint density at radius 3 is 2.26 bits per heavy atom. The Hall–Kier alpha value is -4.06. The van der Waals surface area contributed by atoms with Gasteiger partial charge >= 0.3 is 0 Å². The molecule has 0 fully saturated rings. The molecule has 0 bridgehead atoms. The van der Waals surface area contributed by atoms with E-state index in [1.54, 1.807) is 18.2 Å². The van der Waals surface area contributed by atoms with Gasteiger partial charge in [0.25, 0.3) is 0 Å². The molecular weight excluding hydrogens is 445 g/mol. The Kier molecular flexibility index (Phi) is 6.92. The number of rotatable bonds is 7. The van der Waals surface area contributed by atoms with E-state index in [4.69, 9.17) is 9.47 Å². The molecule has 3 aromatic carbocycles. The third-order valence-electron chi connectivity index (χ3n) is 6.21. The number of halogens is 1. The van der Waals surface area contributed by atoms with Crippen molar-refractivity contribution in [2.24, 2.45) is 0 Å². The highest BCUT2D eigenvalue weighted by Crippen LogP contribution is 2.44. The van der Waals surface area contributed by atoms with Crippen molar-refractivity contribution in [3.05, 3.63) is 94.3 Å². The van der Waals surface area contributed by atoms with Gasteiger partial charge in [0.2, 0.25) is 11.7 Å². The summed E-state index contributed by atoms with van der Waals surface area (Å²) in [4.78, 5) is 12.8. The predicted octanol–water partition coefficient (Wildman–Crippen LogP) is 6.30. The lowest BCUT2D eigenvalue weighted by atomic mass is 10.00. The van der Waals surface area contributed by atoms with Crippen LogP contribution in [0.25, 0.3) is 11.1 Å². The summed E-state index contributed by atoms with van der Waals surface area (Å²) in [6, 6.07) is 15.8. The van der Waals surface area contributed by atoms with E-state index in [-0.39, 0.29) is 23.9 Å². The summed E-state index contributed by atoms with van der Waals surface area (Å²) in [5, 5.41) is 13.1. The number of benzene rings is 3. The zero-order valence-corrected chi connectivity index (χ0v) is 20.2. The minimum absolute atomic E-state index is 0.0500. The molecule has 0 saturated carbocycles. The molecule has 1 amide bonds. The lowest BCUT2D eigenvalue weighted by Crippen LogP contribution is -2.12. The summed E-state index contributed by atoms with van der Waals surface area (Å²) in [5.74, 6) is 0.0979. The average Bonchev–Trinajstić information content (AvgIpc) is 3.09. The molecule has 0 radical (unpaired) electrons. The Morgan fingerprint density at radius 2 is 1.63 bits per heavy atom. The first-order valence-corrected chi connectivity index (χ1v) is 11.3. The number of hydrogen-bond acceptors (Lipinski definition) is 4. The van der Waals surface area contributed by atoms with E-state index in [1.165, 1.54) is 26.4 Å². The topological polar surface area (TPSA) is 67.8 Å². The number of amides is 1. The van der Waals surface area contributed by atoms with Crippen molar-refractivity contribution < 1.29 is 23.8 Å². The van der Waals surface area contributed by atoms with Gasteiger partial charge in [-0.25, -0.2) is 4.39 Å². The number of hydrogen-bond donors (Lipinski definition) is 2. The fourth-order valence-corrected chi connectivity index (χ4v) is 4.35. The zero-order chi connectivity index (χ0) is 25.1. The van der Waals surface area contributed by atoms with Gasteiger partial charge in [-0.15, -0.1) is 0 Å². The SMILES string of the molecule is COc1cc(C/C=C2/C(C)=C(CC(=O)Nc3ccc(C)cc3)c3cc(F)ccc32)cc(OC)c1O. The molecule has 0 saturated heterocycles. The monoisotopic (exact) mass is 473 g/mol. The van der Waals surface area contributed by atoms with Gasteiger partial charge in [0, 0.05) is 5.69 Å². The van der Waals surface area contributed by atoms with Crippen LogP contribution in [0.3, 0.4) is 0 Å². The molecule has 2 N–H and O–H groups in total. The molecule has 1 aliphatic rings. The van der Waals surface area contributed by atoms with Crippen molar-refractivity contribution in [1.29, 1.82) is 0 Å². The van der Waals surface area contributed by atoms with Gasteiger partial charge < -0.3 is 19.9 Å². The van der Waals surface area contributed by atoms with Crippen molar-refractivity contribution in [3.63, 3.8) is 0 Å². The van der Waals surface area contributed by atoms with Crippen LogP contribution in [0.1, 0.15) is 35.6 Å². The van der Waals surface area contributed by atoms with E-state index >= 15 is 0 Å². The van der Waals surface area contributed by atoms with Crippen molar-refractivity contribution in [2.75, 3.05) is 19.5 Å². The van der Waals surface area contributed by atoms with Crippen molar-refractivity contribution >= 4 is 22.7 Å². The average molecular weight is 474 g/mol. The first-order chi connectivity index (χ1) is 16.8. The van der Waals surface area contributed by atoms with Gasteiger partial charge in [-0.2, -0.15) is 0 Å². The van der Waals surface area contributed by atoms with Crippen LogP contribution >= 0.6 is 0 Å². The van der Waals surface area contributed by atoms with Gasteiger partial charge in [-0.3, -0.25) is 4.79 Å². The molecule has 4 rings (SSSR count). The standard InChI is InChI=1S/C29H28FNO4/c1-17-5-9-21(10-6-17)31-28(32)16-24-18(2)22(23-12-8-20(30)15-25(23)24)11-7-19-13-26(34-3)29(33)27(14-19)35-4/h5-6,8-15,33H,7,16H2,1-4H3,(H,31,32)/b22-11-. The Balaban J connectivity index is 1.64. The van der Waals surface area contributed by atoms with E-state index in [2.05, 4.69) is 5.32 Å². The van der Waals surface area contributed by atoms with E-state index in [9.17, 15) is 14.3 Å². The van der Waals surface area contributed by atoms with Crippen LogP contribution in [0.4, 0.5) is 10.1 Å². The highest BCUT2D eigenvalue weighted by molar-refractivity contribution is 6.06. The highest BCUT2D eigenvalue weighted by atomic mass is 19.1. The maximum absolute atomic E-state index is 14.2. The summed E-state index contributed by atoms with van der Waals surface area (Å²) in [7, 11) is 2.97. The number of aryl methyl sites for hydroxylation is 1. The molecule has 0 unspecified atom stereocenters. The summed E-state index contributed by atoms with van der Waals surface area (Å²) >= 11 is 0. The number of ether oxygens (including phenoxy) is 2. The maximum Gasteiger partial charge on any atom is 0.228 e. The molecule has 6 heteroatoms. The van der Waals surface area contributed by atoms with E-state index in [0.29, 0.717) is 17.9 Å². The first kappa shape index (κ1) is 24.1. The highest BCUT2D eigenvalue weighted by Gasteiger charge is 2.25. The summed E-state index contributed by atoms with van der Waals surface area (Å²) in [6.07, 6.45) is 2.70. The van der Waals surface area contributed by atoms with E-state index < -0.39 is 0 Å². The van der Waals surface area contributed by atoms with Crippen LogP contribution in [0.2, 0.25) is 0 Å². The zero-order valence-electron chi connectivity index (χ0n) is 20.2. The predicted molar refractivity (Wildman–Crippen MR) is 136 cm³/mol. The second-order valence-corrected chi connectivity index (χ2v) is 8.56. The number of aromatic hydroxyl groups is 1. The lowest BCUT2D eigenvalue weighted by molar-refractivity contribution is -0.115. The summed E-state index contributed by atoms with van der Waals surface area (Å²) in [6.45, 7) is 3.94. The van der Waals surface area contributed by atoms with Gasteiger partial charge in [0.15, 0.2) is 11.5 Å². The molecule has 0 spiro atoms. The molecule has 3 aromatic rings. The van der Waals surface area contributed by atoms with Crippen LogP contribution in [-0.2, 0) is 11.2 Å². The minimum Gasteiger partial charge on any atom is -0.502 e. The van der Waals surface area contributed by atoms with Gasteiger partial charge in [-0.05, 0) is 90.1 Å². The Bertz CT molecular complexity index is 1310. The largest absolute Gasteiger partial charge is 0.502 e. The van der Waals surface area contributed by atoms with Gasteiger partial charge in [0.1, 0.15) is 5.82 Å². The lowest BCUT2D eigenvalue weighted by Gasteiger charge is -2.11. The molecule has 0 aromatic heterocycles. The molecular formula is C29H28FNO4. The number of anilines is 1. The third-order valence-corrected chi connectivity index (χ3v) is 6.21.